The number of hydrogen-bond donors (Lipinski definition) is 2. The van der Waals surface area contributed by atoms with Crippen LogP contribution in [0.15, 0.2) is 77.4 Å². The molecular formula is C26H27BrN2O2. The smallest absolute Gasteiger partial charge is 0.162 e. The summed E-state index contributed by atoms with van der Waals surface area (Å²) in [6.07, 6.45) is 3.08. The molecule has 0 aliphatic rings. The van der Waals surface area contributed by atoms with Gasteiger partial charge in [-0.3, -0.25) is 0 Å². The molecule has 0 bridgehead atoms. The third kappa shape index (κ3) is 5.49. The molecule has 1 heterocycles. The Hall–Kier alpha value is -2.76. The van der Waals surface area contributed by atoms with Crippen molar-refractivity contribution in [3.05, 3.63) is 94.1 Å². The van der Waals surface area contributed by atoms with E-state index >= 15 is 0 Å². The number of halogens is 1. The largest absolute Gasteiger partial charge is 0.490 e. The van der Waals surface area contributed by atoms with Crippen LogP contribution in [0.25, 0.3) is 10.9 Å². The van der Waals surface area contributed by atoms with Crippen LogP contribution in [0.2, 0.25) is 0 Å². The quantitative estimate of drug-likeness (QED) is 0.265. The molecule has 0 saturated carbocycles. The molecule has 31 heavy (non-hydrogen) atoms. The summed E-state index contributed by atoms with van der Waals surface area (Å²) in [5.41, 5.74) is 4.80. The molecular weight excluding hydrogens is 452 g/mol. The Labute approximate surface area is 191 Å². The second-order valence-corrected chi connectivity index (χ2v) is 8.24. The Morgan fingerprint density at radius 3 is 2.52 bits per heavy atom. The number of nitrogens with one attached hydrogen (secondary N) is 2. The second-order valence-electron chi connectivity index (χ2n) is 7.38. The van der Waals surface area contributed by atoms with Crippen LogP contribution in [-0.2, 0) is 19.6 Å². The van der Waals surface area contributed by atoms with E-state index in [1.54, 1.807) is 0 Å². The zero-order valence-corrected chi connectivity index (χ0v) is 19.2. The maximum Gasteiger partial charge on any atom is 0.162 e. The van der Waals surface area contributed by atoms with Crippen LogP contribution in [0.1, 0.15) is 23.6 Å². The van der Waals surface area contributed by atoms with Gasteiger partial charge < -0.3 is 19.8 Å². The molecule has 0 aliphatic heterocycles. The molecule has 0 aliphatic carbocycles. The number of H-pyrrole nitrogens is 1. The van der Waals surface area contributed by atoms with Gasteiger partial charge in [-0.05, 0) is 54.8 Å². The zero-order chi connectivity index (χ0) is 21.5. The lowest BCUT2D eigenvalue weighted by Crippen LogP contribution is -2.17. The lowest BCUT2D eigenvalue weighted by atomic mass is 10.1. The van der Waals surface area contributed by atoms with Gasteiger partial charge in [-0.2, -0.15) is 0 Å². The Balaban J connectivity index is 1.37. The summed E-state index contributed by atoms with van der Waals surface area (Å²) >= 11 is 3.70. The van der Waals surface area contributed by atoms with Gasteiger partial charge >= 0.3 is 0 Å². The van der Waals surface area contributed by atoms with E-state index in [9.17, 15) is 0 Å². The van der Waals surface area contributed by atoms with Crippen LogP contribution < -0.4 is 14.8 Å². The third-order valence-electron chi connectivity index (χ3n) is 5.21. The highest BCUT2D eigenvalue weighted by atomic mass is 79.9. The molecule has 1 aromatic heterocycles. The molecule has 0 unspecified atom stereocenters. The molecule has 0 radical (unpaired) electrons. The molecule has 4 nitrogen and oxygen atoms in total. The molecule has 4 rings (SSSR count). The SMILES string of the molecule is CCOc1cc(CNCCc2c[nH]c3ccccc23)c(Br)cc1OCc1ccccc1. The second kappa shape index (κ2) is 10.5. The standard InChI is InChI=1S/C26H27BrN2O2/c1-2-30-25-14-21(23(27)15-26(25)31-18-19-8-4-3-5-9-19)16-28-13-12-20-17-29-24-11-7-6-10-22(20)24/h3-11,14-15,17,28-29H,2,12-13,16,18H2,1H3. The minimum atomic E-state index is 0.509. The summed E-state index contributed by atoms with van der Waals surface area (Å²) in [7, 11) is 0. The van der Waals surface area contributed by atoms with Gasteiger partial charge in [0, 0.05) is 28.1 Å². The highest BCUT2D eigenvalue weighted by molar-refractivity contribution is 9.10. The number of ether oxygens (including phenoxy) is 2. The molecule has 3 aromatic carbocycles. The molecule has 2 N–H and O–H groups in total. The Morgan fingerprint density at radius 1 is 0.903 bits per heavy atom. The topological polar surface area (TPSA) is 46.3 Å². The average Bonchev–Trinajstić information content (AvgIpc) is 3.21. The van der Waals surface area contributed by atoms with Crippen molar-refractivity contribution in [1.82, 2.24) is 10.3 Å². The number of hydrogen-bond acceptors (Lipinski definition) is 3. The molecule has 0 saturated heterocycles. The lowest BCUT2D eigenvalue weighted by Gasteiger charge is -2.15. The Bertz CT molecular complexity index is 1120. The fourth-order valence-corrected chi connectivity index (χ4v) is 4.08. The van der Waals surface area contributed by atoms with Crippen molar-refractivity contribution in [2.24, 2.45) is 0 Å². The number of rotatable bonds is 10. The van der Waals surface area contributed by atoms with Crippen molar-refractivity contribution >= 4 is 26.8 Å². The number of aromatic nitrogens is 1. The summed E-state index contributed by atoms with van der Waals surface area (Å²) in [5.74, 6) is 1.52. The van der Waals surface area contributed by atoms with Gasteiger partial charge in [0.25, 0.3) is 0 Å². The fourth-order valence-electron chi connectivity index (χ4n) is 3.61. The lowest BCUT2D eigenvalue weighted by molar-refractivity contribution is 0.269. The zero-order valence-electron chi connectivity index (χ0n) is 17.7. The Morgan fingerprint density at radius 2 is 1.68 bits per heavy atom. The molecule has 0 atom stereocenters. The van der Waals surface area contributed by atoms with Gasteiger partial charge in [0.05, 0.1) is 6.61 Å². The highest BCUT2D eigenvalue weighted by Gasteiger charge is 2.11. The van der Waals surface area contributed by atoms with E-state index in [4.69, 9.17) is 9.47 Å². The van der Waals surface area contributed by atoms with E-state index in [0.717, 1.165) is 46.6 Å². The first-order chi connectivity index (χ1) is 15.2. The van der Waals surface area contributed by atoms with Gasteiger partial charge in [0.2, 0.25) is 0 Å². The summed E-state index contributed by atoms with van der Waals surface area (Å²) in [4.78, 5) is 3.34. The molecule has 0 amide bonds. The minimum absolute atomic E-state index is 0.509. The summed E-state index contributed by atoms with van der Waals surface area (Å²) in [6, 6.07) is 22.6. The molecule has 4 aromatic rings. The molecule has 0 fully saturated rings. The predicted octanol–water partition coefficient (Wildman–Crippen LogP) is 6.24. The van der Waals surface area contributed by atoms with Crippen molar-refractivity contribution in [2.75, 3.05) is 13.2 Å². The van der Waals surface area contributed by atoms with E-state index in [1.807, 2.05) is 31.2 Å². The first-order valence-corrected chi connectivity index (χ1v) is 11.4. The normalized spacial score (nSPS) is 11.0. The minimum Gasteiger partial charge on any atom is -0.490 e. The van der Waals surface area contributed by atoms with E-state index < -0.39 is 0 Å². The Kier molecular flexibility index (Phi) is 7.28. The van der Waals surface area contributed by atoms with Crippen LogP contribution in [0.3, 0.4) is 0 Å². The highest BCUT2D eigenvalue weighted by Crippen LogP contribution is 2.34. The van der Waals surface area contributed by atoms with Crippen molar-refractivity contribution in [3.63, 3.8) is 0 Å². The molecule has 160 valence electrons. The first-order valence-electron chi connectivity index (χ1n) is 10.6. The summed E-state index contributed by atoms with van der Waals surface area (Å²) < 4.78 is 12.9. The maximum atomic E-state index is 6.05. The van der Waals surface area contributed by atoms with E-state index in [2.05, 4.69) is 74.9 Å². The van der Waals surface area contributed by atoms with Gasteiger partial charge in [-0.25, -0.2) is 0 Å². The van der Waals surface area contributed by atoms with Crippen LogP contribution in [0, 0.1) is 0 Å². The fraction of sp³-hybridized carbons (Fsp3) is 0.231. The monoisotopic (exact) mass is 478 g/mol. The van der Waals surface area contributed by atoms with Crippen molar-refractivity contribution in [3.8, 4) is 11.5 Å². The number of benzene rings is 3. The van der Waals surface area contributed by atoms with Gasteiger partial charge in [0.1, 0.15) is 6.61 Å². The number of fused-ring (bicyclic) bond motifs is 1. The van der Waals surface area contributed by atoms with Gasteiger partial charge in [0.15, 0.2) is 11.5 Å². The molecule has 5 heteroatoms. The van der Waals surface area contributed by atoms with Crippen molar-refractivity contribution in [1.29, 1.82) is 0 Å². The van der Waals surface area contributed by atoms with Crippen LogP contribution in [-0.4, -0.2) is 18.1 Å². The summed E-state index contributed by atoms with van der Waals surface area (Å²) in [6.45, 7) is 4.74. The number of para-hydroxylation sites is 1. The molecule has 0 spiro atoms. The van der Waals surface area contributed by atoms with Crippen LogP contribution in [0.4, 0.5) is 0 Å². The van der Waals surface area contributed by atoms with Crippen LogP contribution >= 0.6 is 15.9 Å². The van der Waals surface area contributed by atoms with E-state index in [1.165, 1.54) is 16.5 Å². The number of aromatic amines is 1. The van der Waals surface area contributed by atoms with Crippen molar-refractivity contribution in [2.45, 2.75) is 26.5 Å². The van der Waals surface area contributed by atoms with E-state index in [0.29, 0.717) is 13.2 Å². The van der Waals surface area contributed by atoms with Gasteiger partial charge in [-0.1, -0.05) is 64.5 Å². The first kappa shape index (κ1) is 21.5. The third-order valence-corrected chi connectivity index (χ3v) is 5.95. The van der Waals surface area contributed by atoms with Crippen LogP contribution in [0.5, 0.6) is 11.5 Å². The van der Waals surface area contributed by atoms with E-state index in [-0.39, 0.29) is 0 Å². The predicted molar refractivity (Wildman–Crippen MR) is 130 cm³/mol. The average molecular weight is 479 g/mol. The maximum absolute atomic E-state index is 6.05. The van der Waals surface area contributed by atoms with Gasteiger partial charge in [-0.15, -0.1) is 0 Å². The summed E-state index contributed by atoms with van der Waals surface area (Å²) in [5, 5.41) is 4.85. The van der Waals surface area contributed by atoms with Crippen molar-refractivity contribution < 1.29 is 9.47 Å².